The number of halogens is 1. The van der Waals surface area contributed by atoms with E-state index in [2.05, 4.69) is 55.5 Å². The first-order valence-corrected chi connectivity index (χ1v) is 7.27. The Morgan fingerprint density at radius 3 is 2.16 bits per heavy atom. The monoisotopic (exact) mass is 367 g/mol. The van der Waals surface area contributed by atoms with Crippen LogP contribution in [0.4, 0.5) is 5.69 Å². The molecule has 0 saturated heterocycles. The molecule has 0 saturated carbocycles. The van der Waals surface area contributed by atoms with Gasteiger partial charge < -0.3 is 10.5 Å². The van der Waals surface area contributed by atoms with Gasteiger partial charge in [0.1, 0.15) is 11.5 Å². The van der Waals surface area contributed by atoms with Crippen molar-refractivity contribution < 1.29 is 4.74 Å². The molecule has 0 aromatic heterocycles. The molecule has 19 heavy (non-hydrogen) atoms. The van der Waals surface area contributed by atoms with Crippen LogP contribution in [0.5, 0.6) is 11.5 Å². The fraction of sp³-hybridized carbons (Fsp3) is 0.250. The molecule has 2 rings (SSSR count). The number of hydrogen-bond donors (Lipinski definition) is 1. The molecule has 0 aliphatic heterocycles. The Labute approximate surface area is 128 Å². The van der Waals surface area contributed by atoms with E-state index in [4.69, 9.17) is 10.5 Å². The Morgan fingerprint density at radius 1 is 1.00 bits per heavy atom. The first-order valence-electron chi connectivity index (χ1n) is 6.20. The molecular weight excluding hydrogens is 349 g/mol. The number of ether oxygens (including phenoxy) is 1. The lowest BCUT2D eigenvalue weighted by Crippen LogP contribution is -2.10. The molecule has 100 valence electrons. The second-order valence-electron chi connectivity index (χ2n) is 5.56. The van der Waals surface area contributed by atoms with E-state index in [-0.39, 0.29) is 5.41 Å². The van der Waals surface area contributed by atoms with Gasteiger partial charge in [0.05, 0.1) is 5.69 Å². The number of nitrogen functional groups attached to an aromatic ring is 1. The summed E-state index contributed by atoms with van der Waals surface area (Å²) < 4.78 is 6.91. The summed E-state index contributed by atoms with van der Waals surface area (Å²) in [6.07, 6.45) is 0. The molecule has 2 nitrogen and oxygen atoms in total. The van der Waals surface area contributed by atoms with Crippen molar-refractivity contribution in [2.24, 2.45) is 0 Å². The molecule has 0 heterocycles. The Kier molecular flexibility index (Phi) is 4.04. The standard InChI is InChI=1S/C16H18INO/c1-16(2,3)11-4-7-13(8-5-11)19-15-9-6-12(17)10-14(15)18/h4-10H,18H2,1-3H3. The molecule has 0 unspecified atom stereocenters. The number of hydrogen-bond acceptors (Lipinski definition) is 2. The first-order chi connectivity index (χ1) is 8.86. The predicted octanol–water partition coefficient (Wildman–Crippen LogP) is 4.96. The minimum Gasteiger partial charge on any atom is -0.455 e. The summed E-state index contributed by atoms with van der Waals surface area (Å²) in [6, 6.07) is 13.9. The Morgan fingerprint density at radius 2 is 1.63 bits per heavy atom. The molecule has 0 aliphatic carbocycles. The van der Waals surface area contributed by atoms with Crippen LogP contribution in [-0.2, 0) is 5.41 Å². The van der Waals surface area contributed by atoms with Crippen LogP contribution in [0.2, 0.25) is 0 Å². The van der Waals surface area contributed by atoms with Crippen molar-refractivity contribution in [3.63, 3.8) is 0 Å². The maximum absolute atomic E-state index is 5.94. The number of nitrogens with two attached hydrogens (primary N) is 1. The normalized spacial score (nSPS) is 11.4. The van der Waals surface area contributed by atoms with Crippen molar-refractivity contribution >= 4 is 28.3 Å². The number of anilines is 1. The van der Waals surface area contributed by atoms with Gasteiger partial charge in [-0.1, -0.05) is 32.9 Å². The van der Waals surface area contributed by atoms with Gasteiger partial charge in [-0.3, -0.25) is 0 Å². The van der Waals surface area contributed by atoms with E-state index < -0.39 is 0 Å². The van der Waals surface area contributed by atoms with Crippen molar-refractivity contribution in [3.05, 3.63) is 51.6 Å². The van der Waals surface area contributed by atoms with Crippen molar-refractivity contribution in [1.29, 1.82) is 0 Å². The van der Waals surface area contributed by atoms with E-state index >= 15 is 0 Å². The molecule has 3 heteroatoms. The van der Waals surface area contributed by atoms with Gasteiger partial charge in [-0.2, -0.15) is 0 Å². The van der Waals surface area contributed by atoms with Crippen LogP contribution >= 0.6 is 22.6 Å². The second-order valence-corrected chi connectivity index (χ2v) is 6.80. The Bertz CT molecular complexity index is 570. The highest BCUT2D eigenvalue weighted by Gasteiger charge is 2.13. The van der Waals surface area contributed by atoms with Crippen LogP contribution in [0.15, 0.2) is 42.5 Å². The summed E-state index contributed by atoms with van der Waals surface area (Å²) in [6.45, 7) is 6.58. The van der Waals surface area contributed by atoms with Crippen molar-refractivity contribution in [2.75, 3.05) is 5.73 Å². The summed E-state index contributed by atoms with van der Waals surface area (Å²) in [5.74, 6) is 1.50. The van der Waals surface area contributed by atoms with E-state index in [1.54, 1.807) is 0 Å². The molecule has 0 radical (unpaired) electrons. The molecule has 2 aromatic rings. The lowest BCUT2D eigenvalue weighted by molar-refractivity contribution is 0.483. The van der Waals surface area contributed by atoms with Gasteiger partial charge in [-0.15, -0.1) is 0 Å². The van der Waals surface area contributed by atoms with Crippen molar-refractivity contribution in [3.8, 4) is 11.5 Å². The summed E-state index contributed by atoms with van der Waals surface area (Å²) in [5, 5.41) is 0. The van der Waals surface area contributed by atoms with Crippen LogP contribution in [-0.4, -0.2) is 0 Å². The average Bonchev–Trinajstić information content (AvgIpc) is 2.32. The Hall–Kier alpha value is -1.23. The minimum absolute atomic E-state index is 0.153. The van der Waals surface area contributed by atoms with E-state index in [1.807, 2.05) is 30.3 Å². The van der Waals surface area contributed by atoms with Gasteiger partial charge in [0, 0.05) is 3.57 Å². The third kappa shape index (κ3) is 3.62. The van der Waals surface area contributed by atoms with Crippen LogP contribution in [0.3, 0.4) is 0 Å². The smallest absolute Gasteiger partial charge is 0.150 e. The van der Waals surface area contributed by atoms with E-state index in [0.29, 0.717) is 11.4 Å². The van der Waals surface area contributed by atoms with E-state index in [9.17, 15) is 0 Å². The summed E-state index contributed by atoms with van der Waals surface area (Å²) in [4.78, 5) is 0. The van der Waals surface area contributed by atoms with Crippen molar-refractivity contribution in [1.82, 2.24) is 0 Å². The SMILES string of the molecule is CC(C)(C)c1ccc(Oc2ccc(I)cc2N)cc1. The highest BCUT2D eigenvalue weighted by Crippen LogP contribution is 2.30. The molecule has 0 aliphatic rings. The predicted molar refractivity (Wildman–Crippen MR) is 88.8 cm³/mol. The molecule has 0 fully saturated rings. The van der Waals surface area contributed by atoms with Crippen LogP contribution < -0.4 is 10.5 Å². The fourth-order valence-electron chi connectivity index (χ4n) is 1.76. The topological polar surface area (TPSA) is 35.2 Å². The number of benzene rings is 2. The summed E-state index contributed by atoms with van der Waals surface area (Å²) in [7, 11) is 0. The van der Waals surface area contributed by atoms with Gasteiger partial charge in [0.2, 0.25) is 0 Å². The largest absolute Gasteiger partial charge is 0.455 e. The quantitative estimate of drug-likeness (QED) is 0.601. The summed E-state index contributed by atoms with van der Waals surface area (Å²) in [5.41, 5.74) is 8.04. The molecule has 0 spiro atoms. The highest BCUT2D eigenvalue weighted by molar-refractivity contribution is 14.1. The van der Waals surface area contributed by atoms with Gasteiger partial charge >= 0.3 is 0 Å². The minimum atomic E-state index is 0.153. The molecule has 2 aromatic carbocycles. The summed E-state index contributed by atoms with van der Waals surface area (Å²) >= 11 is 2.23. The third-order valence-electron chi connectivity index (χ3n) is 2.92. The van der Waals surface area contributed by atoms with Gasteiger partial charge in [0.15, 0.2) is 0 Å². The zero-order chi connectivity index (χ0) is 14.0. The average molecular weight is 367 g/mol. The lowest BCUT2D eigenvalue weighted by Gasteiger charge is -2.19. The lowest BCUT2D eigenvalue weighted by atomic mass is 9.87. The maximum Gasteiger partial charge on any atom is 0.150 e. The van der Waals surface area contributed by atoms with Crippen LogP contribution in [0.1, 0.15) is 26.3 Å². The zero-order valence-corrected chi connectivity index (χ0v) is 13.6. The third-order valence-corrected chi connectivity index (χ3v) is 3.59. The van der Waals surface area contributed by atoms with Crippen LogP contribution in [0.25, 0.3) is 0 Å². The molecular formula is C16H18INO. The second kappa shape index (κ2) is 5.41. The van der Waals surface area contributed by atoms with E-state index in [0.717, 1.165) is 9.32 Å². The van der Waals surface area contributed by atoms with Crippen LogP contribution in [0, 0.1) is 3.57 Å². The molecule has 0 amide bonds. The van der Waals surface area contributed by atoms with Gasteiger partial charge in [0.25, 0.3) is 0 Å². The van der Waals surface area contributed by atoms with Gasteiger partial charge in [-0.25, -0.2) is 0 Å². The number of rotatable bonds is 2. The van der Waals surface area contributed by atoms with Crippen molar-refractivity contribution in [2.45, 2.75) is 26.2 Å². The fourth-order valence-corrected chi connectivity index (χ4v) is 2.28. The maximum atomic E-state index is 5.94. The Balaban J connectivity index is 2.20. The molecule has 0 atom stereocenters. The first kappa shape index (κ1) is 14.2. The highest BCUT2D eigenvalue weighted by atomic mass is 127. The van der Waals surface area contributed by atoms with Gasteiger partial charge in [-0.05, 0) is 63.9 Å². The molecule has 2 N–H and O–H groups in total. The molecule has 0 bridgehead atoms. The zero-order valence-electron chi connectivity index (χ0n) is 11.4. The van der Waals surface area contributed by atoms with E-state index in [1.165, 1.54) is 5.56 Å².